The second-order valence-corrected chi connectivity index (χ2v) is 3.72. The van der Waals surface area contributed by atoms with E-state index in [1.807, 2.05) is 0 Å². The average molecular weight is 228 g/mol. The van der Waals surface area contributed by atoms with Crippen molar-refractivity contribution in [2.75, 3.05) is 0 Å². The van der Waals surface area contributed by atoms with Crippen LogP contribution in [0.25, 0.3) is 0 Å². The number of thiophene rings is 1. The quantitative estimate of drug-likeness (QED) is 0.621. The van der Waals surface area contributed by atoms with Crippen molar-refractivity contribution in [3.63, 3.8) is 0 Å². The Balaban J connectivity index is 2.61. The molecule has 0 spiro atoms. The Morgan fingerprint density at radius 3 is 2.60 bits per heavy atom. The van der Waals surface area contributed by atoms with Crippen LogP contribution in [-0.4, -0.2) is 22.8 Å². The van der Waals surface area contributed by atoms with Crippen molar-refractivity contribution in [3.05, 3.63) is 16.3 Å². The third-order valence-corrected chi connectivity index (χ3v) is 2.31. The highest BCUT2D eigenvalue weighted by Gasteiger charge is 2.12. The molecule has 1 heterocycles. The largest absolute Gasteiger partial charge is 0.477 e. The number of carbonyl (C=O) groups is 3. The van der Waals surface area contributed by atoms with E-state index in [0.29, 0.717) is 0 Å². The van der Waals surface area contributed by atoms with Crippen LogP contribution in [-0.2, 0) is 9.59 Å². The third kappa shape index (κ3) is 3.51. The van der Waals surface area contributed by atoms with Crippen LogP contribution in [0.2, 0.25) is 0 Å². The van der Waals surface area contributed by atoms with Crippen LogP contribution in [0, 0.1) is 0 Å². The molecule has 0 saturated heterocycles. The summed E-state index contributed by atoms with van der Waals surface area (Å²) in [7, 11) is 0. The molecule has 1 rings (SSSR count). The summed E-state index contributed by atoms with van der Waals surface area (Å²) in [5.74, 6) is -1.90. The van der Waals surface area contributed by atoms with E-state index in [0.717, 1.165) is 11.3 Å². The number of hydrogen-bond acceptors (Lipinski definition) is 5. The number of carboxylic acids is 1. The van der Waals surface area contributed by atoms with E-state index in [2.05, 4.69) is 0 Å². The third-order valence-electron chi connectivity index (χ3n) is 1.41. The van der Waals surface area contributed by atoms with Gasteiger partial charge in [-0.25, -0.2) is 4.79 Å². The van der Waals surface area contributed by atoms with Gasteiger partial charge < -0.3 is 9.84 Å². The summed E-state index contributed by atoms with van der Waals surface area (Å²) in [6.07, 6.45) is -0.307. The molecule has 0 aliphatic carbocycles. The minimum absolute atomic E-state index is 0.0839. The van der Waals surface area contributed by atoms with Crippen LogP contribution in [0.4, 0.5) is 0 Å². The maximum absolute atomic E-state index is 11.0. The zero-order valence-corrected chi connectivity index (χ0v) is 8.67. The van der Waals surface area contributed by atoms with Gasteiger partial charge in [-0.05, 0) is 6.92 Å². The summed E-state index contributed by atoms with van der Waals surface area (Å²) in [6, 6.07) is 1.24. The van der Waals surface area contributed by atoms with Crippen molar-refractivity contribution in [1.82, 2.24) is 0 Å². The van der Waals surface area contributed by atoms with Gasteiger partial charge in [-0.15, -0.1) is 11.3 Å². The molecule has 1 aromatic rings. The molecule has 1 aromatic heterocycles. The molecule has 0 radical (unpaired) electrons. The van der Waals surface area contributed by atoms with Gasteiger partial charge in [-0.3, -0.25) is 9.59 Å². The van der Waals surface area contributed by atoms with E-state index in [4.69, 9.17) is 9.84 Å². The monoisotopic (exact) mass is 228 g/mol. The van der Waals surface area contributed by atoms with E-state index < -0.39 is 11.9 Å². The molecule has 6 heteroatoms. The van der Waals surface area contributed by atoms with E-state index >= 15 is 0 Å². The van der Waals surface area contributed by atoms with Crippen molar-refractivity contribution >= 4 is 29.1 Å². The van der Waals surface area contributed by atoms with E-state index in [-0.39, 0.29) is 22.8 Å². The maximum atomic E-state index is 11.0. The number of hydrogen-bond donors (Lipinski definition) is 1. The van der Waals surface area contributed by atoms with Gasteiger partial charge in [0.1, 0.15) is 22.8 Å². The van der Waals surface area contributed by atoms with Gasteiger partial charge in [0.25, 0.3) is 0 Å². The molecule has 0 saturated carbocycles. The topological polar surface area (TPSA) is 80.7 Å². The second kappa shape index (κ2) is 4.70. The first-order chi connectivity index (χ1) is 6.99. The molecule has 0 fully saturated rings. The molecular weight excluding hydrogens is 220 g/mol. The highest BCUT2D eigenvalue weighted by Crippen LogP contribution is 2.21. The van der Waals surface area contributed by atoms with Gasteiger partial charge in [0.05, 0.1) is 0 Å². The molecule has 1 N–H and O–H groups in total. The highest BCUT2D eigenvalue weighted by molar-refractivity contribution is 7.12. The number of carboxylic acid groups (broad SMARTS) is 1. The minimum Gasteiger partial charge on any atom is -0.477 e. The number of Topliss-reactive ketones (excluding diaryl/α,β-unsaturated/α-hetero) is 1. The van der Waals surface area contributed by atoms with Crippen LogP contribution < -0.4 is 4.74 Å². The Kier molecular flexibility index (Phi) is 3.56. The molecule has 0 aromatic carbocycles. The number of esters is 1. The van der Waals surface area contributed by atoms with Gasteiger partial charge in [-0.1, -0.05) is 0 Å². The molecule has 0 aliphatic heterocycles. The van der Waals surface area contributed by atoms with Crippen LogP contribution in [0.1, 0.15) is 23.0 Å². The first kappa shape index (κ1) is 11.4. The first-order valence-corrected chi connectivity index (χ1v) is 4.89. The molecule has 0 unspecified atom stereocenters. The molecule has 0 bridgehead atoms. The van der Waals surface area contributed by atoms with Gasteiger partial charge >= 0.3 is 11.9 Å². The number of rotatable bonds is 4. The van der Waals surface area contributed by atoms with Gasteiger partial charge in [0.2, 0.25) is 0 Å². The Morgan fingerprint density at radius 1 is 1.47 bits per heavy atom. The van der Waals surface area contributed by atoms with E-state index in [1.165, 1.54) is 18.4 Å². The predicted molar refractivity (Wildman–Crippen MR) is 52.2 cm³/mol. The average Bonchev–Trinajstić information content (AvgIpc) is 2.50. The van der Waals surface area contributed by atoms with Crippen LogP contribution >= 0.6 is 11.3 Å². The lowest BCUT2D eigenvalue weighted by Gasteiger charge is -1.98. The Labute approximate surface area is 89.3 Å². The van der Waals surface area contributed by atoms with Crippen molar-refractivity contribution in [3.8, 4) is 5.75 Å². The molecule has 5 nitrogen and oxygen atoms in total. The number of ketones is 1. The minimum atomic E-state index is -1.08. The van der Waals surface area contributed by atoms with Crippen molar-refractivity contribution in [2.45, 2.75) is 13.3 Å². The lowest BCUT2D eigenvalue weighted by atomic mass is 10.3. The van der Waals surface area contributed by atoms with Crippen molar-refractivity contribution in [2.24, 2.45) is 0 Å². The second-order valence-electron chi connectivity index (χ2n) is 2.80. The summed E-state index contributed by atoms with van der Waals surface area (Å²) in [5.41, 5.74) is 0. The summed E-state index contributed by atoms with van der Waals surface area (Å²) >= 11 is 0.957. The fraction of sp³-hybridized carbons (Fsp3) is 0.222. The lowest BCUT2D eigenvalue weighted by Crippen LogP contribution is -2.11. The smallest absolute Gasteiger partial charge is 0.346 e. The lowest BCUT2D eigenvalue weighted by molar-refractivity contribution is -0.137. The summed E-state index contributed by atoms with van der Waals surface area (Å²) in [4.78, 5) is 32.2. The fourth-order valence-electron chi connectivity index (χ4n) is 0.855. The van der Waals surface area contributed by atoms with Gasteiger partial charge in [0, 0.05) is 11.4 Å². The number of carbonyl (C=O) groups excluding carboxylic acids is 2. The number of aromatic carboxylic acids is 1. The molecule has 80 valence electrons. The number of ether oxygens (including phenoxy) is 1. The molecular formula is C9H8O5S. The van der Waals surface area contributed by atoms with Crippen molar-refractivity contribution < 1.29 is 24.2 Å². The first-order valence-electron chi connectivity index (χ1n) is 4.01. The SMILES string of the molecule is CC(=O)CC(=O)Oc1csc(C(=O)O)c1. The Morgan fingerprint density at radius 2 is 2.13 bits per heavy atom. The predicted octanol–water partition coefficient (Wildman–Crippen LogP) is 1.33. The van der Waals surface area contributed by atoms with Crippen LogP contribution in [0.15, 0.2) is 11.4 Å². The van der Waals surface area contributed by atoms with Gasteiger partial charge in [0.15, 0.2) is 0 Å². The highest BCUT2D eigenvalue weighted by atomic mass is 32.1. The van der Waals surface area contributed by atoms with E-state index in [9.17, 15) is 14.4 Å². The summed E-state index contributed by atoms with van der Waals surface area (Å²) in [6.45, 7) is 1.28. The summed E-state index contributed by atoms with van der Waals surface area (Å²) < 4.78 is 4.74. The van der Waals surface area contributed by atoms with Gasteiger partial charge in [-0.2, -0.15) is 0 Å². The van der Waals surface area contributed by atoms with E-state index in [1.54, 1.807) is 0 Å². The Bertz CT molecular complexity index is 406. The maximum Gasteiger partial charge on any atom is 0.346 e. The molecule has 0 aliphatic rings. The molecule has 0 atom stereocenters. The normalized spacial score (nSPS) is 9.67. The molecule has 0 amide bonds. The van der Waals surface area contributed by atoms with Crippen LogP contribution in [0.5, 0.6) is 5.75 Å². The molecule has 15 heavy (non-hydrogen) atoms. The fourth-order valence-corrected chi connectivity index (χ4v) is 1.50. The standard InChI is InChI=1S/C9H8O5S/c1-5(10)2-8(11)14-6-3-7(9(12)13)15-4-6/h3-4H,2H2,1H3,(H,12,13). The zero-order valence-electron chi connectivity index (χ0n) is 7.85. The summed E-state index contributed by atoms with van der Waals surface area (Å²) in [5, 5.41) is 10.00. The van der Waals surface area contributed by atoms with Crippen molar-refractivity contribution in [1.29, 1.82) is 0 Å². The van der Waals surface area contributed by atoms with Crippen LogP contribution in [0.3, 0.4) is 0 Å². The zero-order chi connectivity index (χ0) is 11.4. The Hall–Kier alpha value is -1.69.